The second-order valence-electron chi connectivity index (χ2n) is 8.30. The average Bonchev–Trinajstić information content (AvgIpc) is 3.32. The Hall–Kier alpha value is -3.28. The van der Waals surface area contributed by atoms with Gasteiger partial charge in [-0.15, -0.1) is 0 Å². The molecule has 3 aromatic rings. The standard InChI is InChI=1S/C24H27N3O3/c1-16-20(17(2)27(26-16)19-8-6-5-7-9-19)13-23(28)25-14-24(3,4)18-10-11-21-22(12-18)30-15-29-21/h5-12H,13-15H2,1-4H3,(H,25,28). The lowest BCUT2D eigenvalue weighted by Crippen LogP contribution is -2.37. The van der Waals surface area contributed by atoms with E-state index < -0.39 is 0 Å². The molecule has 0 spiro atoms. The maximum Gasteiger partial charge on any atom is 0.231 e. The van der Waals surface area contributed by atoms with Gasteiger partial charge in [-0.05, 0) is 43.7 Å². The minimum Gasteiger partial charge on any atom is -0.454 e. The van der Waals surface area contributed by atoms with Crippen molar-refractivity contribution in [1.82, 2.24) is 15.1 Å². The quantitative estimate of drug-likeness (QED) is 0.676. The Bertz CT molecular complexity index is 1070. The van der Waals surface area contributed by atoms with Gasteiger partial charge in [0.25, 0.3) is 0 Å². The number of carbonyl (C=O) groups excluding carboxylic acids is 1. The predicted octanol–water partition coefficient (Wildman–Crippen LogP) is 3.85. The predicted molar refractivity (Wildman–Crippen MR) is 115 cm³/mol. The first-order valence-corrected chi connectivity index (χ1v) is 10.1. The van der Waals surface area contributed by atoms with Crippen molar-refractivity contribution in [3.05, 3.63) is 71.0 Å². The first-order chi connectivity index (χ1) is 14.3. The number of nitrogens with one attached hydrogen (secondary N) is 1. The maximum atomic E-state index is 12.7. The number of hydrogen-bond acceptors (Lipinski definition) is 4. The van der Waals surface area contributed by atoms with Crippen molar-refractivity contribution in [3.8, 4) is 17.2 Å². The molecule has 156 valence electrons. The number of hydrogen-bond donors (Lipinski definition) is 1. The van der Waals surface area contributed by atoms with Gasteiger partial charge in [0, 0.05) is 23.2 Å². The smallest absolute Gasteiger partial charge is 0.231 e. The van der Waals surface area contributed by atoms with Crippen LogP contribution in [0.25, 0.3) is 5.69 Å². The minimum absolute atomic E-state index is 0.0115. The number of amides is 1. The van der Waals surface area contributed by atoms with Crippen LogP contribution in [0.5, 0.6) is 11.5 Å². The van der Waals surface area contributed by atoms with Crippen LogP contribution in [0.1, 0.15) is 36.4 Å². The van der Waals surface area contributed by atoms with Gasteiger partial charge in [0.15, 0.2) is 11.5 Å². The number of rotatable bonds is 6. The zero-order chi connectivity index (χ0) is 21.3. The number of fused-ring (bicyclic) bond motifs is 1. The molecule has 1 amide bonds. The van der Waals surface area contributed by atoms with Crippen molar-refractivity contribution >= 4 is 5.91 Å². The summed E-state index contributed by atoms with van der Waals surface area (Å²) < 4.78 is 12.8. The topological polar surface area (TPSA) is 65.4 Å². The second-order valence-corrected chi connectivity index (χ2v) is 8.30. The number of ether oxygens (including phenoxy) is 2. The Kier molecular flexibility index (Phi) is 5.24. The van der Waals surface area contributed by atoms with E-state index in [-0.39, 0.29) is 18.1 Å². The summed E-state index contributed by atoms with van der Waals surface area (Å²) in [4.78, 5) is 12.7. The zero-order valence-corrected chi connectivity index (χ0v) is 17.9. The third-order valence-corrected chi connectivity index (χ3v) is 5.66. The molecule has 0 saturated carbocycles. The van der Waals surface area contributed by atoms with Crippen LogP contribution < -0.4 is 14.8 Å². The number of para-hydroxylation sites is 1. The lowest BCUT2D eigenvalue weighted by Gasteiger charge is -2.26. The molecule has 2 heterocycles. The fraction of sp³-hybridized carbons (Fsp3) is 0.333. The second kappa shape index (κ2) is 7.86. The number of nitrogens with zero attached hydrogens (tertiary/aromatic N) is 2. The van der Waals surface area contributed by atoms with Gasteiger partial charge in [0.2, 0.25) is 12.7 Å². The summed E-state index contributed by atoms with van der Waals surface area (Å²) in [6, 6.07) is 15.9. The molecule has 0 radical (unpaired) electrons. The first kappa shape index (κ1) is 20.0. The van der Waals surface area contributed by atoms with E-state index in [4.69, 9.17) is 9.47 Å². The highest BCUT2D eigenvalue weighted by molar-refractivity contribution is 5.79. The van der Waals surface area contributed by atoms with Gasteiger partial charge in [-0.3, -0.25) is 4.79 Å². The molecule has 0 saturated heterocycles. The molecular formula is C24H27N3O3. The summed E-state index contributed by atoms with van der Waals surface area (Å²) in [6.07, 6.45) is 0.307. The molecule has 1 N–H and O–H groups in total. The van der Waals surface area contributed by atoms with Crippen molar-refractivity contribution in [2.24, 2.45) is 0 Å². The molecule has 30 heavy (non-hydrogen) atoms. The fourth-order valence-corrected chi connectivity index (χ4v) is 3.71. The van der Waals surface area contributed by atoms with E-state index in [1.165, 1.54) is 0 Å². The van der Waals surface area contributed by atoms with Crippen molar-refractivity contribution in [1.29, 1.82) is 0 Å². The van der Waals surface area contributed by atoms with Crippen LogP contribution in [0.3, 0.4) is 0 Å². The maximum absolute atomic E-state index is 12.7. The summed E-state index contributed by atoms with van der Waals surface area (Å²) >= 11 is 0. The van der Waals surface area contributed by atoms with Gasteiger partial charge in [-0.2, -0.15) is 5.10 Å². The molecule has 1 aromatic heterocycles. The Morgan fingerprint density at radius 1 is 1.10 bits per heavy atom. The van der Waals surface area contributed by atoms with Crippen LogP contribution in [0.2, 0.25) is 0 Å². The van der Waals surface area contributed by atoms with Gasteiger partial charge in [-0.25, -0.2) is 4.68 Å². The summed E-state index contributed by atoms with van der Waals surface area (Å²) in [7, 11) is 0. The lowest BCUT2D eigenvalue weighted by atomic mass is 9.84. The van der Waals surface area contributed by atoms with E-state index in [0.29, 0.717) is 13.0 Å². The van der Waals surface area contributed by atoms with E-state index in [2.05, 4.69) is 24.3 Å². The molecule has 6 nitrogen and oxygen atoms in total. The Morgan fingerprint density at radius 3 is 2.60 bits per heavy atom. The highest BCUT2D eigenvalue weighted by atomic mass is 16.7. The van der Waals surface area contributed by atoms with Crippen LogP contribution >= 0.6 is 0 Å². The molecule has 1 aliphatic heterocycles. The fourth-order valence-electron chi connectivity index (χ4n) is 3.71. The van der Waals surface area contributed by atoms with Gasteiger partial charge in [0.05, 0.1) is 17.8 Å². The van der Waals surface area contributed by atoms with Crippen molar-refractivity contribution < 1.29 is 14.3 Å². The summed E-state index contributed by atoms with van der Waals surface area (Å²) in [6.45, 7) is 8.95. The highest BCUT2D eigenvalue weighted by Crippen LogP contribution is 2.36. The monoisotopic (exact) mass is 405 g/mol. The third kappa shape index (κ3) is 3.90. The van der Waals surface area contributed by atoms with Gasteiger partial charge in [0.1, 0.15) is 0 Å². The van der Waals surface area contributed by atoms with Crippen molar-refractivity contribution in [2.45, 2.75) is 39.5 Å². The summed E-state index contributed by atoms with van der Waals surface area (Å²) in [5.41, 5.74) is 4.68. The molecule has 1 aliphatic rings. The van der Waals surface area contributed by atoms with Crippen LogP contribution in [0.4, 0.5) is 0 Å². The van der Waals surface area contributed by atoms with Crippen LogP contribution in [0.15, 0.2) is 48.5 Å². The van der Waals surface area contributed by atoms with Crippen molar-refractivity contribution in [2.75, 3.05) is 13.3 Å². The molecule has 0 aliphatic carbocycles. The average molecular weight is 405 g/mol. The number of carbonyl (C=O) groups is 1. The third-order valence-electron chi connectivity index (χ3n) is 5.66. The molecule has 0 atom stereocenters. The summed E-state index contributed by atoms with van der Waals surface area (Å²) in [5, 5.41) is 7.73. The van der Waals surface area contributed by atoms with Crippen LogP contribution in [0, 0.1) is 13.8 Å². The Labute approximate surface area is 176 Å². The normalized spacial score (nSPS) is 12.8. The SMILES string of the molecule is Cc1nn(-c2ccccc2)c(C)c1CC(=O)NCC(C)(C)c1ccc2c(c1)OCO2. The number of aromatic nitrogens is 2. The molecule has 4 rings (SSSR count). The van der Waals surface area contributed by atoms with E-state index in [9.17, 15) is 4.79 Å². The lowest BCUT2D eigenvalue weighted by molar-refractivity contribution is -0.120. The molecule has 6 heteroatoms. The Balaban J connectivity index is 1.43. The molecule has 0 bridgehead atoms. The van der Waals surface area contributed by atoms with E-state index >= 15 is 0 Å². The first-order valence-electron chi connectivity index (χ1n) is 10.1. The highest BCUT2D eigenvalue weighted by Gasteiger charge is 2.25. The van der Waals surface area contributed by atoms with Crippen LogP contribution in [-0.2, 0) is 16.6 Å². The molecular weight excluding hydrogens is 378 g/mol. The van der Waals surface area contributed by atoms with E-state index in [1.807, 2.05) is 67.1 Å². The molecule has 0 fully saturated rings. The van der Waals surface area contributed by atoms with Gasteiger partial charge >= 0.3 is 0 Å². The summed E-state index contributed by atoms with van der Waals surface area (Å²) in [5.74, 6) is 1.51. The van der Waals surface area contributed by atoms with E-state index in [0.717, 1.165) is 39.7 Å². The van der Waals surface area contributed by atoms with Gasteiger partial charge < -0.3 is 14.8 Å². The van der Waals surface area contributed by atoms with E-state index in [1.54, 1.807) is 0 Å². The zero-order valence-electron chi connectivity index (χ0n) is 17.9. The Morgan fingerprint density at radius 2 is 1.83 bits per heavy atom. The van der Waals surface area contributed by atoms with Crippen molar-refractivity contribution in [3.63, 3.8) is 0 Å². The largest absolute Gasteiger partial charge is 0.454 e. The number of aryl methyl sites for hydroxylation is 1. The minimum atomic E-state index is -0.241. The van der Waals surface area contributed by atoms with Crippen LogP contribution in [-0.4, -0.2) is 29.0 Å². The number of benzene rings is 2. The van der Waals surface area contributed by atoms with Gasteiger partial charge in [-0.1, -0.05) is 38.1 Å². The molecule has 2 aromatic carbocycles. The molecule has 0 unspecified atom stereocenters.